The number of benzene rings is 2. The smallest absolute Gasteiger partial charge is 0.269 e. The standard InChI is InChI=1S/C23H25N3O/c27-23(26-15-7-12-19-8-3-1-4-9-19)22-18-21(14-17-25-22)24-16-13-20-10-5-2-6-11-20/h1-6,8-11,14,17-18H,7,12-13,15-16H2,(H,24,25)(H,26,27). The summed E-state index contributed by atoms with van der Waals surface area (Å²) < 4.78 is 0. The van der Waals surface area contributed by atoms with E-state index in [1.165, 1.54) is 11.1 Å². The first-order valence-electron chi connectivity index (χ1n) is 9.37. The van der Waals surface area contributed by atoms with E-state index in [-0.39, 0.29) is 5.91 Å². The first-order chi connectivity index (χ1) is 13.3. The Hall–Kier alpha value is -3.14. The van der Waals surface area contributed by atoms with Gasteiger partial charge in [-0.1, -0.05) is 60.7 Å². The maximum atomic E-state index is 12.3. The Kier molecular flexibility index (Phi) is 6.99. The Labute approximate surface area is 160 Å². The predicted octanol–water partition coefficient (Wildman–Crippen LogP) is 4.10. The molecule has 0 bridgehead atoms. The van der Waals surface area contributed by atoms with Crippen molar-refractivity contribution in [1.29, 1.82) is 0 Å². The number of amides is 1. The van der Waals surface area contributed by atoms with E-state index in [2.05, 4.69) is 39.9 Å². The molecule has 0 aliphatic heterocycles. The van der Waals surface area contributed by atoms with Crippen LogP contribution in [0.3, 0.4) is 0 Å². The van der Waals surface area contributed by atoms with Crippen molar-refractivity contribution in [1.82, 2.24) is 10.3 Å². The second kappa shape index (κ2) is 10.1. The van der Waals surface area contributed by atoms with Gasteiger partial charge in [-0.15, -0.1) is 0 Å². The van der Waals surface area contributed by atoms with E-state index < -0.39 is 0 Å². The summed E-state index contributed by atoms with van der Waals surface area (Å²) in [5, 5.41) is 6.31. The summed E-state index contributed by atoms with van der Waals surface area (Å²) in [7, 11) is 0. The number of carbonyl (C=O) groups is 1. The van der Waals surface area contributed by atoms with Gasteiger partial charge in [0.2, 0.25) is 0 Å². The molecule has 2 N–H and O–H groups in total. The molecule has 0 aliphatic carbocycles. The molecule has 1 aromatic heterocycles. The molecule has 0 saturated heterocycles. The lowest BCUT2D eigenvalue weighted by Crippen LogP contribution is -2.25. The van der Waals surface area contributed by atoms with E-state index in [0.29, 0.717) is 12.2 Å². The second-order valence-electron chi connectivity index (χ2n) is 6.44. The van der Waals surface area contributed by atoms with Crippen molar-refractivity contribution in [3.05, 3.63) is 95.8 Å². The Morgan fingerprint density at radius 3 is 2.19 bits per heavy atom. The molecule has 1 heterocycles. The van der Waals surface area contributed by atoms with E-state index in [1.54, 1.807) is 12.3 Å². The summed E-state index contributed by atoms with van der Waals surface area (Å²) in [6, 6.07) is 24.3. The summed E-state index contributed by atoms with van der Waals surface area (Å²) in [6.45, 7) is 1.45. The molecule has 3 rings (SSSR count). The molecule has 1 amide bonds. The largest absolute Gasteiger partial charge is 0.385 e. The van der Waals surface area contributed by atoms with Gasteiger partial charge in [-0.2, -0.15) is 0 Å². The van der Waals surface area contributed by atoms with Gasteiger partial charge in [0.15, 0.2) is 0 Å². The van der Waals surface area contributed by atoms with E-state index in [4.69, 9.17) is 0 Å². The normalized spacial score (nSPS) is 10.4. The third-order valence-corrected chi connectivity index (χ3v) is 4.35. The van der Waals surface area contributed by atoms with Crippen LogP contribution in [-0.2, 0) is 12.8 Å². The maximum Gasteiger partial charge on any atom is 0.269 e. The van der Waals surface area contributed by atoms with Crippen LogP contribution in [0.15, 0.2) is 79.0 Å². The van der Waals surface area contributed by atoms with E-state index in [9.17, 15) is 4.79 Å². The fourth-order valence-corrected chi connectivity index (χ4v) is 2.89. The van der Waals surface area contributed by atoms with Crippen LogP contribution in [0.25, 0.3) is 0 Å². The Balaban J connectivity index is 1.42. The maximum absolute atomic E-state index is 12.3. The quantitative estimate of drug-likeness (QED) is 0.566. The monoisotopic (exact) mass is 359 g/mol. The molecule has 4 heteroatoms. The average Bonchev–Trinajstić information content (AvgIpc) is 2.73. The zero-order valence-corrected chi connectivity index (χ0v) is 15.4. The number of rotatable bonds is 9. The molecule has 0 unspecified atom stereocenters. The van der Waals surface area contributed by atoms with Crippen molar-refractivity contribution in [2.45, 2.75) is 19.3 Å². The molecule has 0 saturated carbocycles. The molecular formula is C23H25N3O. The van der Waals surface area contributed by atoms with Gasteiger partial charge < -0.3 is 10.6 Å². The second-order valence-corrected chi connectivity index (χ2v) is 6.44. The molecule has 27 heavy (non-hydrogen) atoms. The fourth-order valence-electron chi connectivity index (χ4n) is 2.89. The highest BCUT2D eigenvalue weighted by Crippen LogP contribution is 2.09. The zero-order chi connectivity index (χ0) is 18.7. The number of nitrogens with zero attached hydrogens (tertiary/aromatic N) is 1. The highest BCUT2D eigenvalue weighted by atomic mass is 16.1. The van der Waals surface area contributed by atoms with Gasteiger partial charge in [-0.25, -0.2) is 0 Å². The van der Waals surface area contributed by atoms with Gasteiger partial charge >= 0.3 is 0 Å². The number of anilines is 1. The number of hydrogen-bond donors (Lipinski definition) is 2. The van der Waals surface area contributed by atoms with E-state index in [1.807, 2.05) is 42.5 Å². The van der Waals surface area contributed by atoms with Crippen molar-refractivity contribution in [2.75, 3.05) is 18.4 Å². The highest BCUT2D eigenvalue weighted by molar-refractivity contribution is 5.93. The van der Waals surface area contributed by atoms with Crippen LogP contribution >= 0.6 is 0 Å². The van der Waals surface area contributed by atoms with Crippen LogP contribution in [-0.4, -0.2) is 24.0 Å². The molecule has 3 aromatic rings. The molecule has 138 valence electrons. The predicted molar refractivity (Wildman–Crippen MR) is 110 cm³/mol. The van der Waals surface area contributed by atoms with Crippen LogP contribution in [0.5, 0.6) is 0 Å². The molecule has 0 spiro atoms. The molecule has 0 fully saturated rings. The van der Waals surface area contributed by atoms with Crippen LogP contribution in [0.2, 0.25) is 0 Å². The van der Waals surface area contributed by atoms with Gasteiger partial charge in [-0.3, -0.25) is 9.78 Å². The summed E-state index contributed by atoms with van der Waals surface area (Å²) in [6.07, 6.45) is 4.47. The summed E-state index contributed by atoms with van der Waals surface area (Å²) in [4.78, 5) is 16.5. The van der Waals surface area contributed by atoms with E-state index in [0.717, 1.165) is 31.5 Å². The van der Waals surface area contributed by atoms with Crippen LogP contribution in [0.1, 0.15) is 28.0 Å². The Bertz CT molecular complexity index is 835. The molecular weight excluding hydrogens is 334 g/mol. The summed E-state index contributed by atoms with van der Waals surface area (Å²) in [5.41, 5.74) is 3.93. The third kappa shape index (κ3) is 6.26. The number of hydrogen-bond acceptors (Lipinski definition) is 3. The van der Waals surface area contributed by atoms with Gasteiger partial charge in [0, 0.05) is 25.0 Å². The SMILES string of the molecule is O=C(NCCCc1ccccc1)c1cc(NCCc2ccccc2)ccn1. The molecule has 0 atom stereocenters. The highest BCUT2D eigenvalue weighted by Gasteiger charge is 2.07. The van der Waals surface area contributed by atoms with E-state index >= 15 is 0 Å². The van der Waals surface area contributed by atoms with Gasteiger partial charge in [-0.05, 0) is 42.5 Å². The van der Waals surface area contributed by atoms with Crippen LogP contribution in [0, 0.1) is 0 Å². The van der Waals surface area contributed by atoms with Crippen molar-refractivity contribution < 1.29 is 4.79 Å². The minimum atomic E-state index is -0.130. The number of nitrogens with one attached hydrogen (secondary N) is 2. The van der Waals surface area contributed by atoms with Crippen molar-refractivity contribution in [2.24, 2.45) is 0 Å². The van der Waals surface area contributed by atoms with Crippen LogP contribution in [0.4, 0.5) is 5.69 Å². The van der Waals surface area contributed by atoms with Crippen molar-refractivity contribution in [3.63, 3.8) is 0 Å². The number of pyridine rings is 1. The third-order valence-electron chi connectivity index (χ3n) is 4.35. The number of carbonyl (C=O) groups excluding carboxylic acids is 1. The Morgan fingerprint density at radius 1 is 0.815 bits per heavy atom. The van der Waals surface area contributed by atoms with Crippen LogP contribution < -0.4 is 10.6 Å². The first kappa shape index (κ1) is 18.6. The summed E-state index contributed by atoms with van der Waals surface area (Å²) in [5.74, 6) is -0.130. The number of aromatic nitrogens is 1. The average molecular weight is 359 g/mol. The Morgan fingerprint density at radius 2 is 1.48 bits per heavy atom. The van der Waals surface area contributed by atoms with Gasteiger partial charge in [0.25, 0.3) is 5.91 Å². The first-order valence-corrected chi connectivity index (χ1v) is 9.37. The van der Waals surface area contributed by atoms with Gasteiger partial charge in [0.1, 0.15) is 5.69 Å². The summed E-state index contributed by atoms with van der Waals surface area (Å²) >= 11 is 0. The lowest BCUT2D eigenvalue weighted by atomic mass is 10.1. The zero-order valence-electron chi connectivity index (χ0n) is 15.4. The molecule has 0 radical (unpaired) electrons. The van der Waals surface area contributed by atoms with Crippen molar-refractivity contribution in [3.8, 4) is 0 Å². The molecule has 4 nitrogen and oxygen atoms in total. The molecule has 0 aliphatic rings. The van der Waals surface area contributed by atoms with Crippen molar-refractivity contribution >= 4 is 11.6 Å². The lowest BCUT2D eigenvalue weighted by Gasteiger charge is -2.09. The lowest BCUT2D eigenvalue weighted by molar-refractivity contribution is 0.0948. The minimum absolute atomic E-state index is 0.130. The minimum Gasteiger partial charge on any atom is -0.385 e. The van der Waals surface area contributed by atoms with Gasteiger partial charge in [0.05, 0.1) is 0 Å². The molecule has 2 aromatic carbocycles. The topological polar surface area (TPSA) is 54.0 Å². The fraction of sp³-hybridized carbons (Fsp3) is 0.217. The number of aryl methyl sites for hydroxylation is 1.